The van der Waals surface area contributed by atoms with Crippen molar-refractivity contribution in [3.8, 4) is 11.4 Å². The van der Waals surface area contributed by atoms with Crippen molar-refractivity contribution in [3.63, 3.8) is 0 Å². The van der Waals surface area contributed by atoms with Gasteiger partial charge in [-0.25, -0.2) is 18.9 Å². The summed E-state index contributed by atoms with van der Waals surface area (Å²) in [6.07, 6.45) is 1.60. The Balaban J connectivity index is 1.43. The van der Waals surface area contributed by atoms with Crippen molar-refractivity contribution in [2.75, 3.05) is 19.7 Å². The van der Waals surface area contributed by atoms with Gasteiger partial charge in [0.2, 0.25) is 0 Å². The Labute approximate surface area is 194 Å². The Morgan fingerprint density at radius 3 is 2.58 bits per heavy atom. The molecule has 2 aromatic rings. The topological polar surface area (TPSA) is 69.5 Å². The van der Waals surface area contributed by atoms with Crippen LogP contribution in [-0.4, -0.2) is 56.7 Å². The van der Waals surface area contributed by atoms with E-state index in [2.05, 4.69) is 18.5 Å². The third-order valence-corrected chi connectivity index (χ3v) is 7.27. The fourth-order valence-electron chi connectivity index (χ4n) is 5.51. The Morgan fingerprint density at radius 1 is 1.21 bits per heavy atom. The van der Waals surface area contributed by atoms with Crippen LogP contribution in [0.4, 0.5) is 9.18 Å². The number of amides is 1. The fourth-order valence-corrected chi connectivity index (χ4v) is 5.51. The lowest BCUT2D eigenvalue weighted by atomic mass is 9.66. The van der Waals surface area contributed by atoms with Crippen LogP contribution in [0.3, 0.4) is 0 Å². The quantitative estimate of drug-likeness (QED) is 0.664. The van der Waals surface area contributed by atoms with Crippen molar-refractivity contribution < 1.29 is 18.7 Å². The predicted octanol–water partition coefficient (Wildman–Crippen LogP) is 4.79. The van der Waals surface area contributed by atoms with Gasteiger partial charge in [-0.1, -0.05) is 0 Å². The van der Waals surface area contributed by atoms with E-state index in [0.717, 1.165) is 30.8 Å². The van der Waals surface area contributed by atoms with Crippen LogP contribution in [0.5, 0.6) is 0 Å². The van der Waals surface area contributed by atoms with E-state index in [-0.39, 0.29) is 29.5 Å². The van der Waals surface area contributed by atoms with Gasteiger partial charge in [0.25, 0.3) is 0 Å². The van der Waals surface area contributed by atoms with Gasteiger partial charge in [-0.05, 0) is 83.6 Å². The average molecular weight is 457 g/mol. The van der Waals surface area contributed by atoms with Crippen molar-refractivity contribution in [2.45, 2.75) is 70.6 Å². The zero-order chi connectivity index (χ0) is 23.5. The molecule has 5 rings (SSSR count). The van der Waals surface area contributed by atoms with Gasteiger partial charge in [0.1, 0.15) is 17.2 Å². The highest BCUT2D eigenvalue weighted by atomic mass is 19.1. The number of rotatable bonds is 3. The van der Waals surface area contributed by atoms with E-state index >= 15 is 0 Å². The maximum absolute atomic E-state index is 13.5. The molecule has 1 aliphatic carbocycles. The number of nitrogens with zero attached hydrogens (tertiary/aromatic N) is 4. The first kappa shape index (κ1) is 22.3. The molecular weight excluding hydrogens is 423 g/mol. The van der Waals surface area contributed by atoms with Gasteiger partial charge >= 0.3 is 6.09 Å². The molecular formula is C25H33FN4O3. The Hall–Kier alpha value is -2.48. The molecule has 1 amide bonds. The minimum atomic E-state index is -0.504. The van der Waals surface area contributed by atoms with E-state index in [1.807, 2.05) is 25.7 Å². The summed E-state index contributed by atoms with van der Waals surface area (Å²) in [5.41, 5.74) is -0.0499. The number of aromatic nitrogens is 3. The number of carbonyl (C=O) groups is 1. The smallest absolute Gasteiger partial charge is 0.410 e. The maximum atomic E-state index is 13.5. The maximum Gasteiger partial charge on any atom is 0.410 e. The summed E-state index contributed by atoms with van der Waals surface area (Å²) >= 11 is 0. The molecule has 178 valence electrons. The van der Waals surface area contributed by atoms with Gasteiger partial charge in [0.05, 0.1) is 11.6 Å². The van der Waals surface area contributed by atoms with Crippen LogP contribution in [0.15, 0.2) is 24.3 Å². The molecule has 2 saturated heterocycles. The first-order valence-electron chi connectivity index (χ1n) is 11.9. The number of benzene rings is 1. The second kappa shape index (κ2) is 7.79. The zero-order valence-corrected chi connectivity index (χ0v) is 20.0. The van der Waals surface area contributed by atoms with E-state index in [0.29, 0.717) is 30.8 Å². The van der Waals surface area contributed by atoms with E-state index in [4.69, 9.17) is 19.6 Å². The van der Waals surface area contributed by atoms with Crippen LogP contribution in [-0.2, 0) is 9.47 Å². The largest absolute Gasteiger partial charge is 0.444 e. The minimum absolute atomic E-state index is 0.0802. The number of hydrogen-bond donors (Lipinski definition) is 0. The molecule has 3 heterocycles. The molecule has 2 aliphatic heterocycles. The third kappa shape index (κ3) is 4.14. The van der Waals surface area contributed by atoms with E-state index in [9.17, 15) is 9.18 Å². The van der Waals surface area contributed by atoms with Gasteiger partial charge in [0, 0.05) is 31.2 Å². The molecule has 0 N–H and O–H groups in total. The zero-order valence-electron chi connectivity index (χ0n) is 20.0. The summed E-state index contributed by atoms with van der Waals surface area (Å²) in [5.74, 6) is 2.30. The molecule has 0 radical (unpaired) electrons. The number of ether oxygens (including phenoxy) is 2. The Bertz CT molecular complexity index is 1040. The first-order valence-corrected chi connectivity index (χ1v) is 11.9. The molecule has 7 nitrogen and oxygen atoms in total. The summed E-state index contributed by atoms with van der Waals surface area (Å²) in [5, 5.41) is 4.91. The highest BCUT2D eigenvalue weighted by Crippen LogP contribution is 2.52. The highest BCUT2D eigenvalue weighted by Gasteiger charge is 2.52. The SMILES string of the molecule is CC(C)(C)OC(=O)N1C[C@@H]2C[C@@H](c3nc(-c4ccc(F)cc4)nn3C3CCOC3(C)C)[C@@H]2C1. The summed E-state index contributed by atoms with van der Waals surface area (Å²) in [6.45, 7) is 12.0. The lowest BCUT2D eigenvalue weighted by molar-refractivity contribution is 0.00984. The fraction of sp³-hybridized carbons (Fsp3) is 0.640. The van der Waals surface area contributed by atoms with Crippen molar-refractivity contribution in [3.05, 3.63) is 35.9 Å². The molecule has 3 aliphatic rings. The van der Waals surface area contributed by atoms with E-state index in [1.54, 1.807) is 12.1 Å². The summed E-state index contributed by atoms with van der Waals surface area (Å²) < 4.78 is 27.1. The minimum Gasteiger partial charge on any atom is -0.444 e. The van der Waals surface area contributed by atoms with Crippen LogP contribution in [0.2, 0.25) is 0 Å². The molecule has 0 spiro atoms. The second-order valence-corrected chi connectivity index (χ2v) is 11.2. The van der Waals surface area contributed by atoms with Gasteiger partial charge in [0.15, 0.2) is 5.82 Å². The van der Waals surface area contributed by atoms with Crippen LogP contribution in [0, 0.1) is 17.7 Å². The summed E-state index contributed by atoms with van der Waals surface area (Å²) in [7, 11) is 0. The highest BCUT2D eigenvalue weighted by molar-refractivity contribution is 5.68. The van der Waals surface area contributed by atoms with Gasteiger partial charge < -0.3 is 14.4 Å². The van der Waals surface area contributed by atoms with E-state index in [1.165, 1.54) is 12.1 Å². The molecule has 1 aromatic carbocycles. The lowest BCUT2D eigenvalue weighted by Crippen LogP contribution is -2.38. The predicted molar refractivity (Wildman–Crippen MR) is 121 cm³/mol. The molecule has 0 bridgehead atoms. The number of likely N-dealkylation sites (tertiary alicyclic amines) is 1. The van der Waals surface area contributed by atoms with Gasteiger partial charge in [-0.15, -0.1) is 0 Å². The van der Waals surface area contributed by atoms with Crippen LogP contribution >= 0.6 is 0 Å². The van der Waals surface area contributed by atoms with Crippen molar-refractivity contribution in [2.24, 2.45) is 11.8 Å². The van der Waals surface area contributed by atoms with Gasteiger partial charge in [-0.3, -0.25) is 0 Å². The van der Waals surface area contributed by atoms with Crippen LogP contribution < -0.4 is 0 Å². The van der Waals surface area contributed by atoms with Crippen molar-refractivity contribution in [1.82, 2.24) is 19.7 Å². The molecule has 8 heteroatoms. The summed E-state index contributed by atoms with van der Waals surface area (Å²) in [4.78, 5) is 19.4. The number of hydrogen-bond acceptors (Lipinski definition) is 5. The third-order valence-electron chi connectivity index (χ3n) is 7.27. The molecule has 4 atom stereocenters. The molecule has 1 unspecified atom stereocenters. The molecule has 1 aromatic heterocycles. The molecule has 1 saturated carbocycles. The first-order chi connectivity index (χ1) is 15.5. The average Bonchev–Trinajstić information content (AvgIpc) is 3.37. The van der Waals surface area contributed by atoms with Crippen LogP contribution in [0.25, 0.3) is 11.4 Å². The van der Waals surface area contributed by atoms with Gasteiger partial charge in [-0.2, -0.15) is 5.10 Å². The summed E-state index contributed by atoms with van der Waals surface area (Å²) in [6, 6.07) is 6.40. The Kier molecular flexibility index (Phi) is 5.27. The monoisotopic (exact) mass is 456 g/mol. The lowest BCUT2D eigenvalue weighted by Gasteiger charge is -2.39. The number of fused-ring (bicyclic) bond motifs is 1. The second-order valence-electron chi connectivity index (χ2n) is 11.2. The molecule has 33 heavy (non-hydrogen) atoms. The molecule has 3 fully saturated rings. The van der Waals surface area contributed by atoms with E-state index < -0.39 is 5.60 Å². The number of carbonyl (C=O) groups excluding carboxylic acids is 1. The Morgan fingerprint density at radius 2 is 1.94 bits per heavy atom. The normalized spacial score (nSPS) is 28.5. The standard InChI is InChI=1S/C25H33FN4O3/c1-24(2,3)33-23(31)29-13-16-12-18(19(16)14-29)22-27-21(15-6-8-17(26)9-7-15)28-30(22)20-10-11-32-25(20,4)5/h6-9,16,18-20H,10-14H2,1-5H3/t16-,18+,19+,20?/m0/s1. The van der Waals surface area contributed by atoms with Crippen molar-refractivity contribution in [1.29, 1.82) is 0 Å². The van der Waals surface area contributed by atoms with Crippen molar-refractivity contribution >= 4 is 6.09 Å². The number of halogens is 1. The van der Waals surface area contributed by atoms with Crippen LogP contribution in [0.1, 0.15) is 65.2 Å².